The van der Waals surface area contributed by atoms with Gasteiger partial charge in [-0.3, -0.25) is 4.52 Å². The van der Waals surface area contributed by atoms with Crippen molar-refractivity contribution in [3.8, 4) is 0 Å². The summed E-state index contributed by atoms with van der Waals surface area (Å²) in [6.07, 6.45) is 0. The molecule has 0 aliphatic heterocycles. The number of aromatic nitrogens is 2. The third-order valence-electron chi connectivity index (χ3n) is 2.32. The van der Waals surface area contributed by atoms with Gasteiger partial charge in [0.05, 0.1) is 11.0 Å². The quantitative estimate of drug-likeness (QED) is 0.558. The van der Waals surface area contributed by atoms with Gasteiger partial charge in [0.1, 0.15) is 12.6 Å². The molecular weight excluding hydrogens is 245 g/mol. The van der Waals surface area contributed by atoms with Gasteiger partial charge in [0.2, 0.25) is 0 Å². The van der Waals surface area contributed by atoms with Crippen LogP contribution < -0.4 is 5.73 Å². The summed E-state index contributed by atoms with van der Waals surface area (Å²) in [4.78, 5) is 21.5. The fraction of sp³-hybridized carbons (Fsp3) is 0.222. The van der Waals surface area contributed by atoms with E-state index in [1.54, 1.807) is 29.7 Å². The molecule has 0 saturated carbocycles. The maximum Gasteiger partial charge on any atom is 0.471 e. The van der Waals surface area contributed by atoms with Gasteiger partial charge in [-0.05, 0) is 25.1 Å². The molecule has 4 N–H and O–H groups in total. The average Bonchev–Trinajstić information content (AvgIpc) is 2.48. The van der Waals surface area contributed by atoms with Gasteiger partial charge in [0, 0.05) is 5.69 Å². The number of hydrogen-bond acceptors (Lipinski definition) is 4. The Morgan fingerprint density at radius 1 is 1.53 bits per heavy atom. The summed E-state index contributed by atoms with van der Waals surface area (Å²) in [6, 6.07) is 5.11. The fourth-order valence-electron chi connectivity index (χ4n) is 1.56. The summed E-state index contributed by atoms with van der Waals surface area (Å²) in [6.45, 7) is 1.47. The second-order valence-corrected chi connectivity index (χ2v) is 4.82. The zero-order valence-corrected chi connectivity index (χ0v) is 9.96. The highest BCUT2D eigenvalue weighted by atomic mass is 31.2. The lowest BCUT2D eigenvalue weighted by atomic mass is 10.3. The van der Waals surface area contributed by atoms with Crippen molar-refractivity contribution in [2.45, 2.75) is 13.7 Å². The van der Waals surface area contributed by atoms with Crippen molar-refractivity contribution in [2.24, 2.45) is 0 Å². The van der Waals surface area contributed by atoms with Crippen LogP contribution in [0.5, 0.6) is 0 Å². The van der Waals surface area contributed by atoms with E-state index in [0.29, 0.717) is 22.5 Å². The standard InChI is InChI=1S/C9H12N3O4P/c1-6-11-8-4-7(10)2-3-9(8)12(6)5-16-17(13,14)15/h2-4H,5,10H2,1H3,(H2,13,14,15). The summed E-state index contributed by atoms with van der Waals surface area (Å²) < 4.78 is 16.7. The number of hydrogen-bond donors (Lipinski definition) is 3. The van der Waals surface area contributed by atoms with E-state index in [2.05, 4.69) is 9.51 Å². The number of anilines is 1. The van der Waals surface area contributed by atoms with Crippen LogP contribution in [0.3, 0.4) is 0 Å². The van der Waals surface area contributed by atoms with Crippen LogP contribution in [0.1, 0.15) is 5.82 Å². The largest absolute Gasteiger partial charge is 0.471 e. The van der Waals surface area contributed by atoms with E-state index >= 15 is 0 Å². The van der Waals surface area contributed by atoms with E-state index in [0.717, 1.165) is 0 Å². The van der Waals surface area contributed by atoms with E-state index in [1.807, 2.05) is 0 Å². The molecule has 1 aromatic heterocycles. The predicted octanol–water partition coefficient (Wildman–Crippen LogP) is 0.994. The van der Waals surface area contributed by atoms with Crippen LogP contribution in [-0.2, 0) is 15.8 Å². The monoisotopic (exact) mass is 257 g/mol. The highest BCUT2D eigenvalue weighted by molar-refractivity contribution is 7.46. The number of benzene rings is 1. The van der Waals surface area contributed by atoms with Crippen LogP contribution in [0.2, 0.25) is 0 Å². The van der Waals surface area contributed by atoms with Crippen LogP contribution in [0.4, 0.5) is 5.69 Å². The maximum atomic E-state index is 10.6. The number of aryl methyl sites for hydroxylation is 1. The first-order valence-corrected chi connectivity index (χ1v) is 6.32. The molecule has 0 radical (unpaired) electrons. The molecule has 0 amide bonds. The van der Waals surface area contributed by atoms with E-state index in [9.17, 15) is 4.57 Å². The number of fused-ring (bicyclic) bond motifs is 1. The molecular formula is C9H12N3O4P. The van der Waals surface area contributed by atoms with Crippen LogP contribution in [-0.4, -0.2) is 19.3 Å². The predicted molar refractivity (Wildman–Crippen MR) is 62.0 cm³/mol. The van der Waals surface area contributed by atoms with E-state index in [-0.39, 0.29) is 6.73 Å². The Morgan fingerprint density at radius 3 is 2.88 bits per heavy atom. The Labute approximate surface area is 97.1 Å². The van der Waals surface area contributed by atoms with E-state index < -0.39 is 7.82 Å². The molecule has 0 aliphatic carbocycles. The molecule has 2 rings (SSSR count). The minimum absolute atomic E-state index is 0.253. The molecule has 17 heavy (non-hydrogen) atoms. The van der Waals surface area contributed by atoms with Gasteiger partial charge >= 0.3 is 7.82 Å². The molecule has 1 aromatic carbocycles. The summed E-state index contributed by atoms with van der Waals surface area (Å²) >= 11 is 0. The normalized spacial score (nSPS) is 12.2. The lowest BCUT2D eigenvalue weighted by Gasteiger charge is -2.08. The second kappa shape index (κ2) is 4.12. The van der Waals surface area contributed by atoms with Gasteiger partial charge < -0.3 is 20.1 Å². The van der Waals surface area contributed by atoms with E-state index in [4.69, 9.17) is 15.5 Å². The number of phosphoric acid groups is 1. The molecule has 0 aliphatic rings. The fourth-order valence-corrected chi connectivity index (χ4v) is 1.83. The Bertz CT molecular complexity index is 604. The number of imidazole rings is 1. The van der Waals surface area contributed by atoms with Gasteiger partial charge in [-0.2, -0.15) is 0 Å². The minimum Gasteiger partial charge on any atom is -0.399 e. The molecule has 0 fully saturated rings. The minimum atomic E-state index is -4.49. The molecule has 0 saturated heterocycles. The first-order valence-electron chi connectivity index (χ1n) is 4.79. The topological polar surface area (TPSA) is 111 Å². The lowest BCUT2D eigenvalue weighted by Crippen LogP contribution is -2.03. The molecule has 0 bridgehead atoms. The zero-order valence-electron chi connectivity index (χ0n) is 9.07. The Morgan fingerprint density at radius 2 is 2.24 bits per heavy atom. The summed E-state index contributed by atoms with van der Waals surface area (Å²) in [7, 11) is -4.49. The Hall–Kier alpha value is -1.40. The number of nitrogen functional groups attached to an aromatic ring is 1. The van der Waals surface area contributed by atoms with E-state index in [1.165, 1.54) is 0 Å². The van der Waals surface area contributed by atoms with Crippen molar-refractivity contribution in [2.75, 3.05) is 5.73 Å². The summed E-state index contributed by atoms with van der Waals surface area (Å²) in [5, 5.41) is 0. The van der Waals surface area contributed by atoms with Gasteiger partial charge in [0.25, 0.3) is 0 Å². The first kappa shape index (κ1) is 12.1. The van der Waals surface area contributed by atoms with Crippen molar-refractivity contribution in [3.63, 3.8) is 0 Å². The Kier molecular flexibility index (Phi) is 2.92. The summed E-state index contributed by atoms with van der Waals surface area (Å²) in [5.74, 6) is 0.596. The molecule has 0 atom stereocenters. The smallest absolute Gasteiger partial charge is 0.399 e. The molecule has 7 nitrogen and oxygen atoms in total. The zero-order chi connectivity index (χ0) is 12.6. The van der Waals surface area contributed by atoms with Crippen LogP contribution in [0, 0.1) is 6.92 Å². The van der Waals surface area contributed by atoms with Gasteiger partial charge in [-0.15, -0.1) is 0 Å². The SMILES string of the molecule is Cc1nc2cc(N)ccc2n1COP(=O)(O)O. The first-order chi connectivity index (χ1) is 7.87. The highest BCUT2D eigenvalue weighted by Crippen LogP contribution is 2.36. The molecule has 8 heteroatoms. The number of nitrogens with zero attached hydrogens (tertiary/aromatic N) is 2. The van der Waals surface area contributed by atoms with Gasteiger partial charge in [0.15, 0.2) is 0 Å². The molecule has 92 valence electrons. The van der Waals surface area contributed by atoms with Crippen LogP contribution >= 0.6 is 7.82 Å². The number of rotatable bonds is 3. The highest BCUT2D eigenvalue weighted by Gasteiger charge is 2.16. The lowest BCUT2D eigenvalue weighted by molar-refractivity contribution is 0.155. The van der Waals surface area contributed by atoms with Crippen molar-refractivity contribution in [1.82, 2.24) is 9.55 Å². The number of phosphoric ester groups is 1. The van der Waals surface area contributed by atoms with Crippen LogP contribution in [0.25, 0.3) is 11.0 Å². The molecule has 0 unspecified atom stereocenters. The Balaban J connectivity index is 2.40. The van der Waals surface area contributed by atoms with Crippen molar-refractivity contribution < 1.29 is 18.9 Å². The third-order valence-corrected chi connectivity index (χ3v) is 2.77. The molecule has 2 aromatic rings. The second-order valence-electron chi connectivity index (χ2n) is 3.58. The average molecular weight is 257 g/mol. The van der Waals surface area contributed by atoms with Crippen LogP contribution in [0.15, 0.2) is 18.2 Å². The van der Waals surface area contributed by atoms with Gasteiger partial charge in [-0.25, -0.2) is 9.55 Å². The van der Waals surface area contributed by atoms with Crippen molar-refractivity contribution in [3.05, 3.63) is 24.0 Å². The van der Waals surface area contributed by atoms with Crippen molar-refractivity contribution in [1.29, 1.82) is 0 Å². The third kappa shape index (κ3) is 2.65. The maximum absolute atomic E-state index is 10.6. The molecule has 1 heterocycles. The summed E-state index contributed by atoms with van der Waals surface area (Å²) in [5.41, 5.74) is 7.58. The van der Waals surface area contributed by atoms with Gasteiger partial charge in [-0.1, -0.05) is 0 Å². The number of nitrogens with two attached hydrogens (primary N) is 1. The van der Waals surface area contributed by atoms with Crippen molar-refractivity contribution >= 4 is 24.5 Å². The molecule has 0 spiro atoms.